The zero-order valence-corrected chi connectivity index (χ0v) is 16.0. The molecule has 2 saturated carbocycles. The monoisotopic (exact) mass is 378 g/mol. The maximum atomic E-state index is 13.0. The molecular weight excluding hydrogens is 352 g/mol. The van der Waals surface area contributed by atoms with E-state index in [1.807, 2.05) is 0 Å². The molecule has 3 fully saturated rings. The Kier molecular flexibility index (Phi) is 4.33. The molecule has 1 heterocycles. The minimum atomic E-state index is -0.203. The van der Waals surface area contributed by atoms with Crippen LogP contribution in [0.2, 0.25) is 0 Å². The van der Waals surface area contributed by atoms with Gasteiger partial charge in [0.15, 0.2) is 0 Å². The molecule has 1 saturated heterocycles. The summed E-state index contributed by atoms with van der Waals surface area (Å²) in [6, 6.07) is 7.18. The molecule has 1 aromatic rings. The fourth-order valence-electron chi connectivity index (χ4n) is 5.61. The summed E-state index contributed by atoms with van der Waals surface area (Å²) < 4.78 is 0. The molecule has 5 aliphatic rings. The van der Waals surface area contributed by atoms with Crippen molar-refractivity contribution in [1.29, 1.82) is 0 Å². The van der Waals surface area contributed by atoms with Gasteiger partial charge < -0.3 is 5.32 Å². The molecule has 1 aromatic carbocycles. The van der Waals surface area contributed by atoms with E-state index < -0.39 is 0 Å². The van der Waals surface area contributed by atoms with Crippen LogP contribution in [-0.4, -0.2) is 23.8 Å². The first-order valence-electron chi connectivity index (χ1n) is 10.6. The molecule has 0 aromatic heterocycles. The zero-order chi connectivity index (χ0) is 19.3. The van der Waals surface area contributed by atoms with E-state index in [0.29, 0.717) is 11.3 Å². The first-order valence-corrected chi connectivity index (χ1v) is 10.6. The minimum Gasteiger partial charge on any atom is -0.349 e. The molecule has 1 aliphatic heterocycles. The van der Waals surface area contributed by atoms with E-state index in [9.17, 15) is 14.4 Å². The van der Waals surface area contributed by atoms with Crippen LogP contribution in [0.3, 0.4) is 0 Å². The Morgan fingerprint density at radius 1 is 0.821 bits per heavy atom. The Bertz CT molecular complexity index is 806. The summed E-state index contributed by atoms with van der Waals surface area (Å²) in [4.78, 5) is 39.9. The first kappa shape index (κ1) is 17.7. The molecule has 1 N–H and O–H groups in total. The molecule has 3 amide bonds. The van der Waals surface area contributed by atoms with Gasteiger partial charge in [0.25, 0.3) is 5.91 Å². The lowest BCUT2D eigenvalue weighted by Gasteiger charge is -2.38. The molecule has 0 spiro atoms. The predicted molar refractivity (Wildman–Crippen MR) is 106 cm³/mol. The fourth-order valence-corrected chi connectivity index (χ4v) is 5.61. The second-order valence-electron chi connectivity index (χ2n) is 8.71. The summed E-state index contributed by atoms with van der Waals surface area (Å²) in [7, 11) is 0. The molecule has 5 nitrogen and oxygen atoms in total. The fraction of sp³-hybridized carbons (Fsp3) is 0.522. The van der Waals surface area contributed by atoms with Crippen LogP contribution in [0.4, 0.5) is 5.69 Å². The van der Waals surface area contributed by atoms with Gasteiger partial charge in [-0.3, -0.25) is 19.3 Å². The van der Waals surface area contributed by atoms with Crippen molar-refractivity contribution in [3.8, 4) is 0 Å². The van der Waals surface area contributed by atoms with Crippen molar-refractivity contribution in [3.05, 3.63) is 42.0 Å². The van der Waals surface area contributed by atoms with Gasteiger partial charge in [-0.05, 0) is 61.8 Å². The molecule has 28 heavy (non-hydrogen) atoms. The first-order chi connectivity index (χ1) is 13.6. The number of carbonyl (C=O) groups is 3. The van der Waals surface area contributed by atoms with Crippen LogP contribution in [0.1, 0.15) is 55.3 Å². The Hall–Kier alpha value is -2.43. The summed E-state index contributed by atoms with van der Waals surface area (Å²) in [6.07, 6.45) is 11.9. The van der Waals surface area contributed by atoms with Crippen molar-refractivity contribution in [2.75, 3.05) is 4.90 Å². The summed E-state index contributed by atoms with van der Waals surface area (Å²) in [5.41, 5.74) is 1.16. The normalized spacial score (nSPS) is 31.9. The van der Waals surface area contributed by atoms with Crippen LogP contribution in [-0.2, 0) is 9.59 Å². The number of hydrogen-bond donors (Lipinski definition) is 1. The summed E-state index contributed by atoms with van der Waals surface area (Å²) >= 11 is 0. The van der Waals surface area contributed by atoms with E-state index in [-0.39, 0.29) is 47.4 Å². The van der Waals surface area contributed by atoms with Crippen molar-refractivity contribution in [3.63, 3.8) is 0 Å². The molecular formula is C23H26N2O3. The number of nitrogens with one attached hydrogen (secondary N) is 1. The maximum Gasteiger partial charge on any atom is 0.251 e. The molecule has 6 rings (SSSR count). The molecule has 4 aliphatic carbocycles. The number of amides is 3. The van der Waals surface area contributed by atoms with Gasteiger partial charge >= 0.3 is 0 Å². The molecule has 0 radical (unpaired) electrons. The largest absolute Gasteiger partial charge is 0.349 e. The van der Waals surface area contributed by atoms with Crippen LogP contribution < -0.4 is 10.2 Å². The third-order valence-electron chi connectivity index (χ3n) is 7.09. The van der Waals surface area contributed by atoms with E-state index in [0.717, 1.165) is 25.7 Å². The second-order valence-corrected chi connectivity index (χ2v) is 8.71. The van der Waals surface area contributed by atoms with Gasteiger partial charge in [-0.25, -0.2) is 0 Å². The molecule has 2 bridgehead atoms. The van der Waals surface area contributed by atoms with Crippen LogP contribution in [0, 0.1) is 23.7 Å². The number of imide groups is 1. The third kappa shape index (κ3) is 2.79. The predicted octanol–water partition coefficient (Wildman–Crippen LogP) is 3.45. The number of anilines is 1. The van der Waals surface area contributed by atoms with E-state index in [1.165, 1.54) is 24.2 Å². The minimum absolute atomic E-state index is 0.0755. The third-order valence-corrected chi connectivity index (χ3v) is 7.09. The van der Waals surface area contributed by atoms with Crippen LogP contribution in [0.25, 0.3) is 0 Å². The SMILES string of the molecule is O=C(NC1CCCCC1)c1ccc(N2C(=O)C3C4C=CC(CC4)C3C2=O)cc1. The van der Waals surface area contributed by atoms with E-state index in [1.54, 1.807) is 24.3 Å². The lowest BCUT2D eigenvalue weighted by Crippen LogP contribution is -2.38. The lowest BCUT2D eigenvalue weighted by molar-refractivity contribution is -0.124. The topological polar surface area (TPSA) is 66.5 Å². The average Bonchev–Trinajstić information content (AvgIpc) is 3.02. The van der Waals surface area contributed by atoms with Gasteiger partial charge in [-0.15, -0.1) is 0 Å². The van der Waals surface area contributed by atoms with Gasteiger partial charge in [-0.1, -0.05) is 31.4 Å². The Morgan fingerprint density at radius 2 is 1.39 bits per heavy atom. The van der Waals surface area contributed by atoms with Crippen molar-refractivity contribution < 1.29 is 14.4 Å². The van der Waals surface area contributed by atoms with Crippen molar-refractivity contribution >= 4 is 23.4 Å². The highest BCUT2D eigenvalue weighted by Gasteiger charge is 2.56. The number of benzene rings is 1. The number of fused-ring (bicyclic) bond motifs is 1. The van der Waals surface area contributed by atoms with Gasteiger partial charge in [0.2, 0.25) is 11.8 Å². The van der Waals surface area contributed by atoms with Crippen LogP contribution in [0.5, 0.6) is 0 Å². The Balaban J connectivity index is 1.32. The van der Waals surface area contributed by atoms with Crippen molar-refractivity contribution in [2.45, 2.75) is 51.0 Å². The Morgan fingerprint density at radius 3 is 1.93 bits per heavy atom. The highest BCUT2D eigenvalue weighted by Crippen LogP contribution is 2.50. The van der Waals surface area contributed by atoms with Gasteiger partial charge in [0.05, 0.1) is 17.5 Å². The summed E-state index contributed by atoms with van der Waals surface area (Å²) in [5.74, 6) is -0.250. The maximum absolute atomic E-state index is 13.0. The standard InChI is InChI=1S/C23H26N2O3/c26-21(24-17-4-2-1-3-5-17)16-10-12-18(13-11-16)25-22(27)19-14-6-7-15(9-8-14)20(19)23(25)28/h6-7,10-15,17,19-20H,1-5,8-9H2,(H,24,26). The van der Waals surface area contributed by atoms with E-state index >= 15 is 0 Å². The average molecular weight is 378 g/mol. The summed E-state index contributed by atoms with van der Waals surface area (Å²) in [6.45, 7) is 0. The van der Waals surface area contributed by atoms with E-state index in [4.69, 9.17) is 0 Å². The number of carbonyl (C=O) groups excluding carboxylic acids is 3. The quantitative estimate of drug-likeness (QED) is 0.647. The second kappa shape index (κ2) is 6.87. The number of nitrogens with zero attached hydrogens (tertiary/aromatic N) is 1. The molecule has 146 valence electrons. The van der Waals surface area contributed by atoms with Crippen molar-refractivity contribution in [1.82, 2.24) is 5.32 Å². The highest BCUT2D eigenvalue weighted by molar-refractivity contribution is 6.22. The lowest BCUT2D eigenvalue weighted by atomic mass is 9.63. The van der Waals surface area contributed by atoms with Crippen molar-refractivity contribution in [2.24, 2.45) is 23.7 Å². The van der Waals surface area contributed by atoms with E-state index in [2.05, 4.69) is 17.5 Å². The molecule has 4 unspecified atom stereocenters. The molecule has 4 atom stereocenters. The van der Waals surface area contributed by atoms with Crippen LogP contribution >= 0.6 is 0 Å². The number of rotatable bonds is 3. The zero-order valence-electron chi connectivity index (χ0n) is 16.0. The highest BCUT2D eigenvalue weighted by atomic mass is 16.2. The van der Waals surface area contributed by atoms with Gasteiger partial charge in [0.1, 0.15) is 0 Å². The number of hydrogen-bond acceptors (Lipinski definition) is 3. The smallest absolute Gasteiger partial charge is 0.251 e. The van der Waals surface area contributed by atoms with Gasteiger partial charge in [0, 0.05) is 11.6 Å². The molecule has 5 heteroatoms. The number of allylic oxidation sites excluding steroid dienone is 2. The van der Waals surface area contributed by atoms with Gasteiger partial charge in [-0.2, -0.15) is 0 Å². The summed E-state index contributed by atoms with van der Waals surface area (Å²) in [5, 5.41) is 3.11. The Labute approximate surface area is 165 Å². The van der Waals surface area contributed by atoms with Crippen LogP contribution in [0.15, 0.2) is 36.4 Å².